The van der Waals surface area contributed by atoms with E-state index in [-0.39, 0.29) is 30.2 Å². The Balaban J connectivity index is 1.92. The summed E-state index contributed by atoms with van der Waals surface area (Å²) in [6.45, 7) is 6.86. The van der Waals surface area contributed by atoms with Gasteiger partial charge in [0, 0.05) is 19.0 Å². The van der Waals surface area contributed by atoms with Gasteiger partial charge in [-0.05, 0) is 31.4 Å². The SMILES string of the molecule is COc1ccccc1N1CC(C(=O)NC(C)CCCC(C)C)CC1=O. The number of carbonyl (C=O) groups excluding carboxylic acids is 2. The molecule has 1 aromatic carbocycles. The van der Waals surface area contributed by atoms with Crippen molar-refractivity contribution < 1.29 is 14.3 Å². The van der Waals surface area contributed by atoms with E-state index in [4.69, 9.17) is 4.74 Å². The van der Waals surface area contributed by atoms with Gasteiger partial charge in [-0.3, -0.25) is 9.59 Å². The van der Waals surface area contributed by atoms with Crippen molar-refractivity contribution in [2.24, 2.45) is 11.8 Å². The minimum atomic E-state index is -0.301. The summed E-state index contributed by atoms with van der Waals surface area (Å²) in [4.78, 5) is 26.5. The number of ether oxygens (including phenoxy) is 1. The summed E-state index contributed by atoms with van der Waals surface area (Å²) in [5.41, 5.74) is 0.732. The van der Waals surface area contributed by atoms with E-state index in [1.807, 2.05) is 31.2 Å². The average Bonchev–Trinajstić information content (AvgIpc) is 2.96. The monoisotopic (exact) mass is 346 g/mol. The molecule has 0 aliphatic carbocycles. The van der Waals surface area contributed by atoms with Gasteiger partial charge >= 0.3 is 0 Å². The normalized spacial score (nSPS) is 18.5. The molecule has 1 saturated heterocycles. The summed E-state index contributed by atoms with van der Waals surface area (Å²) < 4.78 is 5.34. The molecule has 0 spiro atoms. The van der Waals surface area contributed by atoms with Gasteiger partial charge < -0.3 is 15.0 Å². The molecular weight excluding hydrogens is 316 g/mol. The van der Waals surface area contributed by atoms with E-state index in [1.165, 1.54) is 6.42 Å². The quantitative estimate of drug-likeness (QED) is 0.785. The van der Waals surface area contributed by atoms with Crippen molar-refractivity contribution in [2.45, 2.75) is 52.5 Å². The summed E-state index contributed by atoms with van der Waals surface area (Å²) in [7, 11) is 1.59. The fraction of sp³-hybridized carbons (Fsp3) is 0.600. The third kappa shape index (κ3) is 5.21. The number of nitrogens with zero attached hydrogens (tertiary/aromatic N) is 1. The Hall–Kier alpha value is -2.04. The van der Waals surface area contributed by atoms with E-state index in [0.29, 0.717) is 18.2 Å². The zero-order valence-electron chi connectivity index (χ0n) is 15.7. The van der Waals surface area contributed by atoms with Crippen molar-refractivity contribution in [1.29, 1.82) is 0 Å². The standard InChI is InChI=1S/C20H30N2O3/c1-14(2)8-7-9-15(3)21-20(24)16-12-19(23)22(13-16)17-10-5-6-11-18(17)25-4/h5-6,10-11,14-16H,7-9,12-13H2,1-4H3,(H,21,24). The summed E-state index contributed by atoms with van der Waals surface area (Å²) in [6.07, 6.45) is 3.50. The van der Waals surface area contributed by atoms with Crippen molar-refractivity contribution in [1.82, 2.24) is 5.32 Å². The zero-order chi connectivity index (χ0) is 18.4. The maximum Gasteiger partial charge on any atom is 0.227 e. The summed E-state index contributed by atoms with van der Waals surface area (Å²) >= 11 is 0. The molecule has 5 nitrogen and oxygen atoms in total. The van der Waals surface area contributed by atoms with Crippen LogP contribution in [0.4, 0.5) is 5.69 Å². The third-order valence-electron chi connectivity index (χ3n) is 4.68. The Morgan fingerprint density at radius 3 is 2.68 bits per heavy atom. The molecule has 0 aromatic heterocycles. The number of hydrogen-bond donors (Lipinski definition) is 1. The van der Waals surface area contributed by atoms with Gasteiger partial charge in [0.15, 0.2) is 0 Å². The molecule has 0 radical (unpaired) electrons. The molecule has 2 amide bonds. The number of anilines is 1. The van der Waals surface area contributed by atoms with Crippen LogP contribution in [-0.4, -0.2) is 31.5 Å². The molecule has 0 saturated carbocycles. The highest BCUT2D eigenvalue weighted by atomic mass is 16.5. The number of carbonyl (C=O) groups is 2. The fourth-order valence-corrected chi connectivity index (χ4v) is 3.23. The molecule has 1 heterocycles. The predicted octanol–water partition coefficient (Wildman–Crippen LogP) is 3.38. The van der Waals surface area contributed by atoms with Crippen LogP contribution in [0.1, 0.15) is 46.5 Å². The highest BCUT2D eigenvalue weighted by molar-refractivity contribution is 6.01. The van der Waals surface area contributed by atoms with E-state index in [0.717, 1.165) is 18.5 Å². The number of nitrogens with one attached hydrogen (secondary N) is 1. The van der Waals surface area contributed by atoms with Crippen molar-refractivity contribution in [3.8, 4) is 5.75 Å². The van der Waals surface area contributed by atoms with Gasteiger partial charge in [0.1, 0.15) is 5.75 Å². The van der Waals surface area contributed by atoms with Gasteiger partial charge in [0.2, 0.25) is 11.8 Å². The number of amides is 2. The van der Waals surface area contributed by atoms with E-state index in [1.54, 1.807) is 12.0 Å². The first kappa shape index (κ1) is 19.3. The molecule has 1 N–H and O–H groups in total. The highest BCUT2D eigenvalue weighted by Gasteiger charge is 2.36. The largest absolute Gasteiger partial charge is 0.495 e. The van der Waals surface area contributed by atoms with Crippen LogP contribution in [0, 0.1) is 11.8 Å². The number of methoxy groups -OCH3 is 1. The van der Waals surface area contributed by atoms with E-state index in [2.05, 4.69) is 19.2 Å². The Bertz CT molecular complexity index is 600. The van der Waals surface area contributed by atoms with Crippen LogP contribution in [0.25, 0.3) is 0 Å². The number of rotatable bonds is 8. The smallest absolute Gasteiger partial charge is 0.227 e. The lowest BCUT2D eigenvalue weighted by molar-refractivity contribution is -0.126. The number of para-hydroxylation sites is 2. The molecule has 138 valence electrons. The number of hydrogen-bond acceptors (Lipinski definition) is 3. The second-order valence-electron chi connectivity index (χ2n) is 7.31. The van der Waals surface area contributed by atoms with Crippen LogP contribution in [0.2, 0.25) is 0 Å². The Kier molecular flexibility index (Phi) is 6.85. The van der Waals surface area contributed by atoms with Crippen LogP contribution < -0.4 is 15.0 Å². The lowest BCUT2D eigenvalue weighted by Gasteiger charge is -2.20. The van der Waals surface area contributed by atoms with E-state index in [9.17, 15) is 9.59 Å². The first-order chi connectivity index (χ1) is 11.9. The van der Waals surface area contributed by atoms with Gasteiger partial charge in [-0.15, -0.1) is 0 Å². The maximum atomic E-state index is 12.5. The van der Waals surface area contributed by atoms with Crippen LogP contribution >= 0.6 is 0 Å². The van der Waals surface area contributed by atoms with Crippen molar-refractivity contribution in [3.63, 3.8) is 0 Å². The third-order valence-corrected chi connectivity index (χ3v) is 4.68. The molecule has 5 heteroatoms. The Morgan fingerprint density at radius 2 is 2.00 bits per heavy atom. The van der Waals surface area contributed by atoms with Gasteiger partial charge in [0.05, 0.1) is 18.7 Å². The highest BCUT2D eigenvalue weighted by Crippen LogP contribution is 2.32. The van der Waals surface area contributed by atoms with Gasteiger partial charge in [-0.1, -0.05) is 38.8 Å². The van der Waals surface area contributed by atoms with Crippen molar-refractivity contribution >= 4 is 17.5 Å². The Labute approximate surface area is 150 Å². The minimum absolute atomic E-state index is 0.0252. The summed E-state index contributed by atoms with van der Waals surface area (Å²) in [5.74, 6) is 0.980. The lowest BCUT2D eigenvalue weighted by atomic mass is 10.0. The molecule has 25 heavy (non-hydrogen) atoms. The first-order valence-corrected chi connectivity index (χ1v) is 9.16. The van der Waals surface area contributed by atoms with Gasteiger partial charge in [-0.2, -0.15) is 0 Å². The summed E-state index contributed by atoms with van der Waals surface area (Å²) in [5, 5.41) is 3.07. The molecule has 2 unspecified atom stereocenters. The van der Waals surface area contributed by atoms with Crippen molar-refractivity contribution in [3.05, 3.63) is 24.3 Å². The van der Waals surface area contributed by atoms with E-state index < -0.39 is 0 Å². The van der Waals surface area contributed by atoms with Crippen molar-refractivity contribution in [2.75, 3.05) is 18.6 Å². The number of benzene rings is 1. The molecule has 1 fully saturated rings. The molecule has 2 rings (SSSR count). The molecule has 1 aliphatic rings. The minimum Gasteiger partial charge on any atom is -0.495 e. The molecule has 2 atom stereocenters. The Morgan fingerprint density at radius 1 is 1.28 bits per heavy atom. The van der Waals surface area contributed by atoms with Gasteiger partial charge in [-0.25, -0.2) is 0 Å². The van der Waals surface area contributed by atoms with Gasteiger partial charge in [0.25, 0.3) is 0 Å². The van der Waals surface area contributed by atoms with Crippen LogP contribution in [0.5, 0.6) is 5.75 Å². The second-order valence-corrected chi connectivity index (χ2v) is 7.31. The first-order valence-electron chi connectivity index (χ1n) is 9.16. The predicted molar refractivity (Wildman–Crippen MR) is 99.7 cm³/mol. The van der Waals surface area contributed by atoms with Crippen LogP contribution in [0.15, 0.2) is 24.3 Å². The zero-order valence-corrected chi connectivity index (χ0v) is 15.7. The van der Waals surface area contributed by atoms with E-state index >= 15 is 0 Å². The molecule has 1 aromatic rings. The maximum absolute atomic E-state index is 12.5. The molecule has 0 bridgehead atoms. The second kappa shape index (κ2) is 8.88. The molecule has 1 aliphatic heterocycles. The average molecular weight is 346 g/mol. The topological polar surface area (TPSA) is 58.6 Å². The summed E-state index contributed by atoms with van der Waals surface area (Å²) in [6, 6.07) is 7.56. The molecular formula is C20H30N2O3. The van der Waals surface area contributed by atoms with Crippen LogP contribution in [-0.2, 0) is 9.59 Å². The van der Waals surface area contributed by atoms with Crippen LogP contribution in [0.3, 0.4) is 0 Å². The fourth-order valence-electron chi connectivity index (χ4n) is 3.23. The lowest BCUT2D eigenvalue weighted by Crippen LogP contribution is -2.38.